The summed E-state index contributed by atoms with van der Waals surface area (Å²) in [5.41, 5.74) is 4.64. The van der Waals surface area contributed by atoms with Gasteiger partial charge in [-0.2, -0.15) is 10.2 Å². The standard InChI is InChI=1S/C23H23N5O2.ClH/c29-23-8-7-21(24-28(23)11-10-26-12-14-30-15-13-26)18-4-3-5-19(16-18)22-17-20-6-1-2-9-27(20)25-22;/h1-9,16-17H,10-15H2;1H. The number of benzene rings is 1. The number of pyridine rings is 1. The fraction of sp³-hybridized carbons (Fsp3) is 0.261. The second-order valence-electron chi connectivity index (χ2n) is 7.41. The van der Waals surface area contributed by atoms with Crippen molar-refractivity contribution in [3.05, 3.63) is 77.2 Å². The smallest absolute Gasteiger partial charge is 0.266 e. The zero-order chi connectivity index (χ0) is 20.3. The molecule has 3 aromatic heterocycles. The Kier molecular flexibility index (Phi) is 6.46. The molecule has 7 nitrogen and oxygen atoms in total. The number of hydrogen-bond donors (Lipinski definition) is 0. The highest BCUT2D eigenvalue weighted by Gasteiger charge is 2.12. The van der Waals surface area contributed by atoms with Crippen molar-refractivity contribution in [3.63, 3.8) is 0 Å². The lowest BCUT2D eigenvalue weighted by molar-refractivity contribution is 0.0358. The van der Waals surface area contributed by atoms with Crippen LogP contribution in [0.3, 0.4) is 0 Å². The van der Waals surface area contributed by atoms with Crippen molar-refractivity contribution in [3.8, 4) is 22.5 Å². The molecule has 1 fully saturated rings. The quantitative estimate of drug-likeness (QED) is 0.480. The summed E-state index contributed by atoms with van der Waals surface area (Å²) in [5, 5.41) is 9.28. The van der Waals surface area contributed by atoms with Crippen LogP contribution in [0.4, 0.5) is 0 Å². The minimum Gasteiger partial charge on any atom is -0.379 e. The average Bonchev–Trinajstić information content (AvgIpc) is 3.24. The number of fused-ring (bicyclic) bond motifs is 1. The number of morpholine rings is 1. The molecule has 0 N–H and O–H groups in total. The summed E-state index contributed by atoms with van der Waals surface area (Å²) < 4.78 is 8.81. The van der Waals surface area contributed by atoms with E-state index in [9.17, 15) is 4.79 Å². The molecule has 4 heterocycles. The van der Waals surface area contributed by atoms with E-state index in [0.29, 0.717) is 6.54 Å². The molecule has 4 aromatic rings. The first-order chi connectivity index (χ1) is 14.8. The third kappa shape index (κ3) is 4.69. The lowest BCUT2D eigenvalue weighted by Gasteiger charge is -2.26. The summed E-state index contributed by atoms with van der Waals surface area (Å²) in [4.78, 5) is 14.6. The third-order valence-electron chi connectivity index (χ3n) is 5.42. The first-order valence-corrected chi connectivity index (χ1v) is 10.2. The predicted octanol–water partition coefficient (Wildman–Crippen LogP) is 2.98. The normalized spacial score (nSPS) is 14.5. The number of halogens is 1. The Morgan fingerprint density at radius 2 is 1.65 bits per heavy atom. The molecule has 8 heteroatoms. The highest BCUT2D eigenvalue weighted by molar-refractivity contribution is 5.85. The van der Waals surface area contributed by atoms with Gasteiger partial charge in [-0.1, -0.05) is 24.3 Å². The Hall–Kier alpha value is -3.00. The van der Waals surface area contributed by atoms with E-state index in [0.717, 1.165) is 60.9 Å². The van der Waals surface area contributed by atoms with E-state index in [4.69, 9.17) is 4.74 Å². The Balaban J connectivity index is 0.00000231. The Morgan fingerprint density at radius 3 is 2.45 bits per heavy atom. The fourth-order valence-corrected chi connectivity index (χ4v) is 3.74. The van der Waals surface area contributed by atoms with Gasteiger partial charge in [0.15, 0.2) is 0 Å². The van der Waals surface area contributed by atoms with Crippen molar-refractivity contribution < 1.29 is 4.74 Å². The summed E-state index contributed by atoms with van der Waals surface area (Å²) in [5.74, 6) is 0. The van der Waals surface area contributed by atoms with Gasteiger partial charge < -0.3 is 4.74 Å². The zero-order valence-electron chi connectivity index (χ0n) is 17.1. The van der Waals surface area contributed by atoms with Crippen LogP contribution in [0.5, 0.6) is 0 Å². The zero-order valence-corrected chi connectivity index (χ0v) is 17.9. The van der Waals surface area contributed by atoms with Crippen LogP contribution >= 0.6 is 12.4 Å². The van der Waals surface area contributed by atoms with Crippen LogP contribution < -0.4 is 5.56 Å². The molecule has 0 radical (unpaired) electrons. The molecule has 1 saturated heterocycles. The van der Waals surface area contributed by atoms with Crippen LogP contribution in [0.2, 0.25) is 0 Å². The van der Waals surface area contributed by atoms with Gasteiger partial charge in [0.05, 0.1) is 36.7 Å². The van der Waals surface area contributed by atoms with Gasteiger partial charge >= 0.3 is 0 Å². The van der Waals surface area contributed by atoms with E-state index in [2.05, 4.69) is 27.2 Å². The van der Waals surface area contributed by atoms with Crippen molar-refractivity contribution in [2.45, 2.75) is 6.54 Å². The van der Waals surface area contributed by atoms with Crippen LogP contribution in [0.1, 0.15) is 0 Å². The van der Waals surface area contributed by atoms with Crippen LogP contribution in [0, 0.1) is 0 Å². The second kappa shape index (κ2) is 9.43. The third-order valence-corrected chi connectivity index (χ3v) is 5.42. The Labute approximate surface area is 186 Å². The minimum atomic E-state index is -0.0801. The van der Waals surface area contributed by atoms with Crippen LogP contribution in [-0.4, -0.2) is 57.1 Å². The molecule has 0 spiro atoms. The molecule has 0 atom stereocenters. The van der Waals surface area contributed by atoms with Crippen molar-refractivity contribution in [2.24, 2.45) is 0 Å². The Morgan fingerprint density at radius 1 is 0.839 bits per heavy atom. The largest absolute Gasteiger partial charge is 0.379 e. The number of hydrogen-bond acceptors (Lipinski definition) is 5. The Bertz CT molecular complexity index is 1200. The molecule has 0 amide bonds. The van der Waals surface area contributed by atoms with Gasteiger partial charge in [-0.25, -0.2) is 9.20 Å². The van der Waals surface area contributed by atoms with Gasteiger partial charge in [0.25, 0.3) is 5.56 Å². The van der Waals surface area contributed by atoms with Gasteiger partial charge in [0.1, 0.15) is 0 Å². The first-order valence-electron chi connectivity index (χ1n) is 10.2. The molecule has 0 bridgehead atoms. The molecule has 1 aliphatic rings. The maximum absolute atomic E-state index is 12.3. The molecule has 1 aliphatic heterocycles. The van der Waals surface area contributed by atoms with Crippen LogP contribution in [0.15, 0.2) is 71.7 Å². The van der Waals surface area contributed by atoms with Crippen molar-refractivity contribution in [1.29, 1.82) is 0 Å². The molecule has 160 valence electrons. The number of rotatable bonds is 5. The van der Waals surface area contributed by atoms with E-state index in [1.807, 2.05) is 47.1 Å². The number of aromatic nitrogens is 4. The molecule has 31 heavy (non-hydrogen) atoms. The summed E-state index contributed by atoms with van der Waals surface area (Å²) in [6, 6.07) is 19.6. The van der Waals surface area contributed by atoms with E-state index in [-0.39, 0.29) is 18.0 Å². The molecular formula is C23H24ClN5O2. The van der Waals surface area contributed by atoms with Crippen LogP contribution in [-0.2, 0) is 11.3 Å². The van der Waals surface area contributed by atoms with Crippen molar-refractivity contribution in [1.82, 2.24) is 24.3 Å². The van der Waals surface area contributed by atoms with Gasteiger partial charge in [-0.15, -0.1) is 12.4 Å². The summed E-state index contributed by atoms with van der Waals surface area (Å²) in [6.45, 7) is 4.65. The lowest BCUT2D eigenvalue weighted by atomic mass is 10.1. The molecule has 5 rings (SSSR count). The highest BCUT2D eigenvalue weighted by Crippen LogP contribution is 2.25. The lowest BCUT2D eigenvalue weighted by Crippen LogP contribution is -2.39. The monoisotopic (exact) mass is 437 g/mol. The molecule has 0 aliphatic carbocycles. The van der Waals surface area contributed by atoms with Gasteiger partial charge in [-0.05, 0) is 30.3 Å². The average molecular weight is 438 g/mol. The molecular weight excluding hydrogens is 414 g/mol. The van der Waals surface area contributed by atoms with Crippen LogP contribution in [0.25, 0.3) is 28.0 Å². The maximum atomic E-state index is 12.3. The number of nitrogens with zero attached hydrogens (tertiary/aromatic N) is 5. The molecule has 1 aromatic carbocycles. The summed E-state index contributed by atoms with van der Waals surface area (Å²) >= 11 is 0. The van der Waals surface area contributed by atoms with Crippen molar-refractivity contribution in [2.75, 3.05) is 32.8 Å². The molecule has 0 saturated carbocycles. The topological polar surface area (TPSA) is 64.7 Å². The fourth-order valence-electron chi connectivity index (χ4n) is 3.74. The maximum Gasteiger partial charge on any atom is 0.266 e. The summed E-state index contributed by atoms with van der Waals surface area (Å²) in [6.07, 6.45) is 1.94. The van der Waals surface area contributed by atoms with Crippen molar-refractivity contribution >= 4 is 17.9 Å². The minimum absolute atomic E-state index is 0. The van der Waals surface area contributed by atoms with E-state index in [1.54, 1.807) is 16.8 Å². The SMILES string of the molecule is Cl.O=c1ccc(-c2cccc(-c3cc4ccccn4n3)c2)nn1CCN1CCOCC1. The number of ether oxygens (including phenoxy) is 1. The van der Waals surface area contributed by atoms with Gasteiger partial charge in [0, 0.05) is 43.0 Å². The van der Waals surface area contributed by atoms with Gasteiger partial charge in [-0.3, -0.25) is 9.69 Å². The van der Waals surface area contributed by atoms with Gasteiger partial charge in [0.2, 0.25) is 0 Å². The summed E-state index contributed by atoms with van der Waals surface area (Å²) in [7, 11) is 0. The second-order valence-corrected chi connectivity index (χ2v) is 7.41. The van der Waals surface area contributed by atoms with E-state index >= 15 is 0 Å². The van der Waals surface area contributed by atoms with E-state index in [1.165, 1.54) is 0 Å². The first kappa shape index (κ1) is 21.2. The van der Waals surface area contributed by atoms with E-state index < -0.39 is 0 Å². The molecule has 0 unspecified atom stereocenters. The highest BCUT2D eigenvalue weighted by atomic mass is 35.5. The predicted molar refractivity (Wildman–Crippen MR) is 123 cm³/mol.